The number of hydrogen-bond donors (Lipinski definition) is 1. The number of esters is 1. The Hall–Kier alpha value is -1.79. The molecule has 1 saturated heterocycles. The number of aliphatic carboxylic acids is 1. The number of amides is 1. The molecule has 0 unspecified atom stereocenters. The van der Waals surface area contributed by atoms with Crippen LogP contribution < -0.4 is 0 Å². The Bertz CT molecular complexity index is 474. The van der Waals surface area contributed by atoms with Crippen LogP contribution in [-0.4, -0.2) is 51.8 Å². The van der Waals surface area contributed by atoms with Crippen LogP contribution >= 0.6 is 0 Å². The van der Waals surface area contributed by atoms with Crippen molar-refractivity contribution in [1.29, 1.82) is 0 Å². The summed E-state index contributed by atoms with van der Waals surface area (Å²) in [6.07, 6.45) is -0.311. The van der Waals surface area contributed by atoms with Crippen molar-refractivity contribution in [3.63, 3.8) is 0 Å². The SMILES string of the molecule is CC(C)(C)OC(=O)[C@@H]1C[C@H](C(=O)O)CCN1C(=O)OC(C)(C)C. The molecule has 0 saturated carbocycles. The van der Waals surface area contributed by atoms with Gasteiger partial charge in [0.25, 0.3) is 0 Å². The van der Waals surface area contributed by atoms with Gasteiger partial charge in [-0.1, -0.05) is 0 Å². The standard InChI is InChI=1S/C16H27NO6/c1-15(2,3)22-13(20)11-9-10(12(18)19)7-8-17(11)14(21)23-16(4,5)6/h10-11H,7-9H2,1-6H3,(H,18,19)/t10-,11+/m1/s1. The zero-order valence-corrected chi connectivity index (χ0v) is 14.7. The zero-order chi connectivity index (χ0) is 18.0. The van der Waals surface area contributed by atoms with Gasteiger partial charge in [0.2, 0.25) is 0 Å². The van der Waals surface area contributed by atoms with Crippen molar-refractivity contribution in [2.75, 3.05) is 6.54 Å². The maximum absolute atomic E-state index is 12.4. The summed E-state index contributed by atoms with van der Waals surface area (Å²) < 4.78 is 10.6. The molecule has 0 aliphatic carbocycles. The molecule has 7 heteroatoms. The molecule has 0 bridgehead atoms. The maximum atomic E-state index is 12.4. The molecule has 7 nitrogen and oxygen atoms in total. The number of carboxylic acids is 1. The summed E-state index contributed by atoms with van der Waals surface area (Å²) >= 11 is 0. The van der Waals surface area contributed by atoms with E-state index in [2.05, 4.69) is 0 Å². The highest BCUT2D eigenvalue weighted by Crippen LogP contribution is 2.27. The Kier molecular flexibility index (Phi) is 5.66. The molecule has 1 aliphatic rings. The first-order chi connectivity index (χ1) is 10.3. The highest BCUT2D eigenvalue weighted by atomic mass is 16.6. The van der Waals surface area contributed by atoms with Crippen molar-refractivity contribution < 1.29 is 29.0 Å². The van der Waals surface area contributed by atoms with E-state index in [1.807, 2.05) is 0 Å². The number of rotatable bonds is 2. The number of ether oxygens (including phenoxy) is 2. The summed E-state index contributed by atoms with van der Waals surface area (Å²) in [5.74, 6) is -2.25. The third-order valence-corrected chi connectivity index (χ3v) is 3.26. The van der Waals surface area contributed by atoms with Gasteiger partial charge in [0, 0.05) is 6.54 Å². The molecule has 1 rings (SSSR count). The molecule has 1 fully saturated rings. The average Bonchev–Trinajstić information content (AvgIpc) is 2.33. The molecular weight excluding hydrogens is 302 g/mol. The molecule has 1 aliphatic heterocycles. The van der Waals surface area contributed by atoms with Gasteiger partial charge in [-0.3, -0.25) is 9.69 Å². The molecular formula is C16H27NO6. The fraction of sp³-hybridized carbons (Fsp3) is 0.812. The van der Waals surface area contributed by atoms with Crippen molar-refractivity contribution in [3.8, 4) is 0 Å². The van der Waals surface area contributed by atoms with Gasteiger partial charge < -0.3 is 14.6 Å². The fourth-order valence-electron chi connectivity index (χ4n) is 2.32. The fourth-order valence-corrected chi connectivity index (χ4v) is 2.32. The third-order valence-electron chi connectivity index (χ3n) is 3.26. The van der Waals surface area contributed by atoms with E-state index in [-0.39, 0.29) is 19.4 Å². The number of carbonyl (C=O) groups is 3. The zero-order valence-electron chi connectivity index (χ0n) is 14.7. The summed E-state index contributed by atoms with van der Waals surface area (Å²) in [6, 6.07) is -0.945. The van der Waals surface area contributed by atoms with E-state index >= 15 is 0 Å². The van der Waals surface area contributed by atoms with Crippen molar-refractivity contribution in [1.82, 2.24) is 4.90 Å². The molecule has 2 atom stereocenters. The van der Waals surface area contributed by atoms with E-state index < -0.39 is 41.2 Å². The second kappa shape index (κ2) is 6.76. The predicted octanol–water partition coefficient (Wildman–Crippen LogP) is 2.43. The van der Waals surface area contributed by atoms with Crippen LogP contribution in [0.2, 0.25) is 0 Å². The van der Waals surface area contributed by atoms with Gasteiger partial charge in [0.1, 0.15) is 17.2 Å². The summed E-state index contributed by atoms with van der Waals surface area (Å²) in [7, 11) is 0. The topological polar surface area (TPSA) is 93.1 Å². The Balaban J connectivity index is 2.95. The van der Waals surface area contributed by atoms with E-state index in [1.165, 1.54) is 4.90 Å². The summed E-state index contributed by atoms with van der Waals surface area (Å²) in [5, 5.41) is 9.19. The molecule has 0 aromatic heterocycles. The Morgan fingerprint density at radius 3 is 1.96 bits per heavy atom. The van der Waals surface area contributed by atoms with Crippen LogP contribution in [-0.2, 0) is 19.1 Å². The second-order valence-electron chi connectivity index (χ2n) is 7.78. The van der Waals surface area contributed by atoms with Crippen molar-refractivity contribution >= 4 is 18.0 Å². The van der Waals surface area contributed by atoms with Crippen LogP contribution in [0.1, 0.15) is 54.4 Å². The number of piperidine rings is 1. The molecule has 0 radical (unpaired) electrons. The van der Waals surface area contributed by atoms with Crippen LogP contribution in [0.3, 0.4) is 0 Å². The largest absolute Gasteiger partial charge is 0.481 e. The minimum absolute atomic E-state index is 0.0312. The molecule has 132 valence electrons. The first-order valence-electron chi connectivity index (χ1n) is 7.75. The molecule has 0 aromatic rings. The summed E-state index contributed by atoms with van der Waals surface area (Å²) in [5.41, 5.74) is -1.41. The Morgan fingerprint density at radius 2 is 1.52 bits per heavy atom. The highest BCUT2D eigenvalue weighted by Gasteiger charge is 2.42. The first-order valence-corrected chi connectivity index (χ1v) is 7.75. The van der Waals surface area contributed by atoms with Gasteiger partial charge >= 0.3 is 18.0 Å². The van der Waals surface area contributed by atoms with Gasteiger partial charge in [0.05, 0.1) is 5.92 Å². The molecule has 0 aromatic carbocycles. The third kappa shape index (κ3) is 6.08. The Morgan fingerprint density at radius 1 is 1.00 bits per heavy atom. The smallest absolute Gasteiger partial charge is 0.411 e. The van der Waals surface area contributed by atoms with E-state index in [0.717, 1.165) is 0 Å². The minimum atomic E-state index is -0.970. The van der Waals surface area contributed by atoms with Gasteiger partial charge in [-0.25, -0.2) is 9.59 Å². The lowest BCUT2D eigenvalue weighted by molar-refractivity contribution is -0.164. The number of carboxylic acid groups (broad SMARTS) is 1. The van der Waals surface area contributed by atoms with Crippen molar-refractivity contribution in [2.24, 2.45) is 5.92 Å². The molecule has 1 N–H and O–H groups in total. The maximum Gasteiger partial charge on any atom is 0.411 e. The monoisotopic (exact) mass is 329 g/mol. The lowest BCUT2D eigenvalue weighted by Crippen LogP contribution is -2.53. The van der Waals surface area contributed by atoms with Gasteiger partial charge in [-0.2, -0.15) is 0 Å². The minimum Gasteiger partial charge on any atom is -0.481 e. The number of carbonyl (C=O) groups excluding carboxylic acids is 2. The normalized spacial score (nSPS) is 22.4. The molecule has 23 heavy (non-hydrogen) atoms. The van der Waals surface area contributed by atoms with Gasteiger partial charge in [-0.15, -0.1) is 0 Å². The Labute approximate surface area is 136 Å². The second-order valence-corrected chi connectivity index (χ2v) is 7.78. The van der Waals surface area contributed by atoms with E-state index in [4.69, 9.17) is 9.47 Å². The lowest BCUT2D eigenvalue weighted by Gasteiger charge is -2.38. The van der Waals surface area contributed by atoms with Gasteiger partial charge in [-0.05, 0) is 54.4 Å². The van der Waals surface area contributed by atoms with Crippen LogP contribution in [0, 0.1) is 5.92 Å². The quantitative estimate of drug-likeness (QED) is 0.782. The molecule has 0 spiro atoms. The van der Waals surface area contributed by atoms with Crippen LogP contribution in [0.25, 0.3) is 0 Å². The first kappa shape index (κ1) is 19.3. The lowest BCUT2D eigenvalue weighted by atomic mass is 9.91. The van der Waals surface area contributed by atoms with E-state index in [9.17, 15) is 19.5 Å². The van der Waals surface area contributed by atoms with Crippen LogP contribution in [0.5, 0.6) is 0 Å². The number of likely N-dealkylation sites (tertiary alicyclic amines) is 1. The molecule has 1 amide bonds. The average molecular weight is 329 g/mol. The van der Waals surface area contributed by atoms with Gasteiger partial charge in [0.15, 0.2) is 0 Å². The van der Waals surface area contributed by atoms with E-state index in [1.54, 1.807) is 41.5 Å². The van der Waals surface area contributed by atoms with Crippen LogP contribution in [0.15, 0.2) is 0 Å². The van der Waals surface area contributed by atoms with Crippen molar-refractivity contribution in [2.45, 2.75) is 71.6 Å². The van der Waals surface area contributed by atoms with Crippen LogP contribution in [0.4, 0.5) is 4.79 Å². The highest BCUT2D eigenvalue weighted by molar-refractivity contribution is 5.83. The molecule has 1 heterocycles. The number of nitrogens with zero attached hydrogens (tertiary/aromatic N) is 1. The van der Waals surface area contributed by atoms with Crippen molar-refractivity contribution in [3.05, 3.63) is 0 Å². The summed E-state index contributed by atoms with van der Waals surface area (Å²) in [4.78, 5) is 37.2. The van der Waals surface area contributed by atoms with E-state index in [0.29, 0.717) is 0 Å². The number of hydrogen-bond acceptors (Lipinski definition) is 5. The summed E-state index contributed by atoms with van der Waals surface area (Å²) in [6.45, 7) is 10.5. The predicted molar refractivity (Wildman–Crippen MR) is 82.9 cm³/mol.